The van der Waals surface area contributed by atoms with Crippen molar-refractivity contribution in [1.29, 1.82) is 0 Å². The molecule has 8 heterocycles. The van der Waals surface area contributed by atoms with Crippen molar-refractivity contribution in [3.05, 3.63) is 78.1 Å². The molecule has 0 aromatic carbocycles. The van der Waals surface area contributed by atoms with E-state index < -0.39 is 0 Å². The molecule has 0 unspecified atom stereocenters. The summed E-state index contributed by atoms with van der Waals surface area (Å²) in [5, 5.41) is 5.49. The van der Waals surface area contributed by atoms with Gasteiger partial charge >= 0.3 is 0 Å². The number of nitrogens with one attached hydrogen (secondary N) is 3. The van der Waals surface area contributed by atoms with Crippen molar-refractivity contribution in [2.45, 2.75) is 38.5 Å². The Morgan fingerprint density at radius 3 is 1.84 bits per heavy atom. The van der Waals surface area contributed by atoms with Crippen LogP contribution in [0.25, 0.3) is 22.1 Å². The van der Waals surface area contributed by atoms with Gasteiger partial charge in [-0.1, -0.05) is 0 Å². The summed E-state index contributed by atoms with van der Waals surface area (Å²) in [4.78, 5) is 27.9. The Kier molecular flexibility index (Phi) is 14.8. The van der Waals surface area contributed by atoms with Crippen LogP contribution >= 0.6 is 15.9 Å². The standard InChI is InChI=1S/C20H25N5O2.C13H21N3O2.C7H5BrN2/c1-26-18-14-23-19(24-16-6-8-22-20-15(16)5-7-21-20)13-17(18)27-12-4-11-25-9-2-3-10-25;1-17-12-10-15-13(14)9-11(12)18-8-4-7-16-5-2-3-6-16;8-6-2-4-10-7-5(6)1-3-9-7/h5-8,13-14H,2-4,9-12H2,1H3,(H2,21,22,23,24);9-10H,2-8H2,1H3,(H2,14,15);1-4H,(H,9,10). The summed E-state index contributed by atoms with van der Waals surface area (Å²) < 4.78 is 23.3. The molecule has 15 heteroatoms. The van der Waals surface area contributed by atoms with E-state index in [-0.39, 0.29) is 0 Å². The minimum Gasteiger partial charge on any atom is -0.491 e. The number of anilines is 3. The van der Waals surface area contributed by atoms with Crippen molar-refractivity contribution < 1.29 is 18.9 Å². The number of aromatic amines is 2. The molecule has 0 radical (unpaired) electrons. The summed E-state index contributed by atoms with van der Waals surface area (Å²) in [6.07, 6.45) is 17.9. The van der Waals surface area contributed by atoms with Gasteiger partial charge in [-0.2, -0.15) is 0 Å². The van der Waals surface area contributed by atoms with Gasteiger partial charge in [0.25, 0.3) is 0 Å². The van der Waals surface area contributed by atoms with Gasteiger partial charge in [0.1, 0.15) is 22.9 Å². The third kappa shape index (κ3) is 11.4. The first-order valence-corrected chi connectivity index (χ1v) is 19.6. The van der Waals surface area contributed by atoms with Crippen LogP contribution in [0.1, 0.15) is 38.5 Å². The fraction of sp³-hybridized carbons (Fsp3) is 0.400. The zero-order valence-electron chi connectivity index (χ0n) is 31.6. The van der Waals surface area contributed by atoms with Crippen molar-refractivity contribution in [3.63, 3.8) is 0 Å². The van der Waals surface area contributed by atoms with Gasteiger partial charge in [-0.25, -0.2) is 19.9 Å². The molecular weight excluding hydrogens is 764 g/mol. The maximum atomic E-state index is 5.99. The minimum absolute atomic E-state index is 0.449. The maximum Gasteiger partial charge on any atom is 0.179 e. The van der Waals surface area contributed by atoms with Crippen LogP contribution < -0.4 is 30.0 Å². The molecule has 55 heavy (non-hydrogen) atoms. The lowest BCUT2D eigenvalue weighted by Crippen LogP contribution is -2.21. The molecule has 6 aromatic heterocycles. The second-order valence-electron chi connectivity index (χ2n) is 13.2. The molecule has 6 aromatic rings. The SMILES string of the molecule is Brc1ccnc2[nH]ccc12.COc1cnc(N)cc1OCCCN1CCCC1.COc1cnc(Nc2ccnc3[nH]ccc23)cc1OCCCN1CCCC1. The number of hydrogen-bond acceptors (Lipinski definition) is 12. The van der Waals surface area contributed by atoms with Crippen molar-refractivity contribution in [2.24, 2.45) is 0 Å². The Morgan fingerprint density at radius 2 is 1.24 bits per heavy atom. The van der Waals surface area contributed by atoms with E-state index in [4.69, 9.17) is 24.7 Å². The lowest BCUT2D eigenvalue weighted by Gasteiger charge is -2.16. The lowest BCUT2D eigenvalue weighted by molar-refractivity contribution is 0.254. The van der Waals surface area contributed by atoms with Gasteiger partial charge in [0, 0.05) is 65.3 Å². The highest BCUT2D eigenvalue weighted by molar-refractivity contribution is 9.10. The summed E-state index contributed by atoms with van der Waals surface area (Å²) in [6, 6.07) is 11.4. The molecule has 2 saturated heterocycles. The van der Waals surface area contributed by atoms with Crippen LogP contribution in [0.4, 0.5) is 17.3 Å². The van der Waals surface area contributed by atoms with E-state index in [9.17, 15) is 0 Å². The molecular formula is C40H51BrN10O4. The summed E-state index contributed by atoms with van der Waals surface area (Å²) in [6.45, 7) is 8.41. The number of methoxy groups -OCH3 is 2. The van der Waals surface area contributed by atoms with Crippen molar-refractivity contribution >= 4 is 55.3 Å². The Bertz CT molecular complexity index is 2060. The number of aromatic nitrogens is 6. The predicted molar refractivity (Wildman–Crippen MR) is 221 cm³/mol. The lowest BCUT2D eigenvalue weighted by atomic mass is 10.3. The molecule has 0 saturated carbocycles. The number of nitrogen functional groups attached to an aromatic ring is 1. The fourth-order valence-electron chi connectivity index (χ4n) is 6.55. The van der Waals surface area contributed by atoms with Crippen LogP contribution in [0.5, 0.6) is 23.0 Å². The summed E-state index contributed by atoms with van der Waals surface area (Å²) >= 11 is 3.42. The van der Waals surface area contributed by atoms with Gasteiger partial charge in [-0.3, -0.25) is 0 Å². The Balaban J connectivity index is 0.000000157. The number of likely N-dealkylation sites (tertiary alicyclic amines) is 2. The van der Waals surface area contributed by atoms with Crippen LogP contribution in [-0.2, 0) is 0 Å². The van der Waals surface area contributed by atoms with Crippen LogP contribution in [0.15, 0.2) is 78.1 Å². The number of nitrogens with zero attached hydrogens (tertiary/aromatic N) is 6. The molecule has 0 amide bonds. The number of nitrogens with two attached hydrogens (primary N) is 1. The number of pyridine rings is 4. The highest BCUT2D eigenvalue weighted by Crippen LogP contribution is 2.31. The van der Waals surface area contributed by atoms with Gasteiger partial charge in [0.15, 0.2) is 23.0 Å². The van der Waals surface area contributed by atoms with Crippen molar-refractivity contribution in [2.75, 3.05) is 77.8 Å². The minimum atomic E-state index is 0.449. The number of hydrogen-bond donors (Lipinski definition) is 4. The average molecular weight is 816 g/mol. The van der Waals surface area contributed by atoms with Gasteiger partial charge < -0.3 is 49.8 Å². The normalized spacial score (nSPS) is 14.2. The highest BCUT2D eigenvalue weighted by atomic mass is 79.9. The molecule has 0 bridgehead atoms. The molecule has 292 valence electrons. The van der Waals surface area contributed by atoms with Crippen LogP contribution in [0, 0.1) is 0 Å². The van der Waals surface area contributed by atoms with E-state index in [0.29, 0.717) is 47.8 Å². The smallest absolute Gasteiger partial charge is 0.179 e. The molecule has 0 aliphatic carbocycles. The first-order chi connectivity index (χ1) is 27.0. The number of ether oxygens (including phenoxy) is 4. The second-order valence-corrected chi connectivity index (χ2v) is 14.1. The largest absolute Gasteiger partial charge is 0.491 e. The van der Waals surface area contributed by atoms with E-state index >= 15 is 0 Å². The molecule has 5 N–H and O–H groups in total. The molecule has 2 aliphatic heterocycles. The van der Waals surface area contributed by atoms with Crippen LogP contribution in [0.3, 0.4) is 0 Å². The summed E-state index contributed by atoms with van der Waals surface area (Å²) in [5.41, 5.74) is 8.34. The van der Waals surface area contributed by atoms with Gasteiger partial charge in [0.2, 0.25) is 0 Å². The first-order valence-electron chi connectivity index (χ1n) is 18.8. The van der Waals surface area contributed by atoms with Gasteiger partial charge in [0.05, 0.1) is 45.5 Å². The van der Waals surface area contributed by atoms with Crippen molar-refractivity contribution in [3.8, 4) is 23.0 Å². The number of halogens is 1. The number of fused-ring (bicyclic) bond motifs is 2. The van der Waals surface area contributed by atoms with E-state index in [0.717, 1.165) is 58.2 Å². The zero-order valence-corrected chi connectivity index (χ0v) is 33.2. The number of rotatable bonds is 14. The molecule has 0 spiro atoms. The van der Waals surface area contributed by atoms with E-state index in [1.807, 2.05) is 42.7 Å². The quantitative estimate of drug-likeness (QED) is 0.0805. The monoisotopic (exact) mass is 814 g/mol. The number of H-pyrrole nitrogens is 2. The Labute approximate surface area is 330 Å². The predicted octanol–water partition coefficient (Wildman–Crippen LogP) is 7.44. The fourth-order valence-corrected chi connectivity index (χ4v) is 6.99. The third-order valence-corrected chi connectivity index (χ3v) is 10.1. The summed E-state index contributed by atoms with van der Waals surface area (Å²) in [5.74, 6) is 3.81. The Hall–Kier alpha value is -5.12. The zero-order chi connectivity index (χ0) is 38.2. The van der Waals surface area contributed by atoms with E-state index in [2.05, 4.69) is 61.0 Å². The molecule has 2 fully saturated rings. The topological polar surface area (TPSA) is 165 Å². The Morgan fingerprint density at radius 1 is 0.691 bits per heavy atom. The maximum absolute atomic E-state index is 5.99. The molecule has 2 aliphatic rings. The third-order valence-electron chi connectivity index (χ3n) is 9.40. The average Bonchev–Trinajstić information content (AvgIpc) is 4.05. The molecule has 8 rings (SSSR count). The van der Waals surface area contributed by atoms with Gasteiger partial charge in [-0.05, 0) is 105 Å². The first kappa shape index (κ1) is 39.6. The van der Waals surface area contributed by atoms with Crippen LogP contribution in [-0.4, -0.2) is 106 Å². The van der Waals surface area contributed by atoms with E-state index in [1.165, 1.54) is 51.9 Å². The van der Waals surface area contributed by atoms with E-state index in [1.54, 1.807) is 45.1 Å². The highest BCUT2D eigenvalue weighted by Gasteiger charge is 2.13. The van der Waals surface area contributed by atoms with Crippen molar-refractivity contribution in [1.82, 2.24) is 39.7 Å². The molecule has 0 atom stereocenters. The molecule has 14 nitrogen and oxygen atoms in total. The van der Waals surface area contributed by atoms with Crippen LogP contribution in [0.2, 0.25) is 0 Å². The van der Waals surface area contributed by atoms with Gasteiger partial charge in [-0.15, -0.1) is 0 Å². The second kappa shape index (κ2) is 20.5. The summed E-state index contributed by atoms with van der Waals surface area (Å²) in [7, 11) is 3.23.